The van der Waals surface area contributed by atoms with Crippen LogP contribution in [0.5, 0.6) is 5.75 Å². The fraction of sp³-hybridized carbons (Fsp3) is 0.280. The molecule has 1 amide bonds. The van der Waals surface area contributed by atoms with Crippen LogP contribution in [0.25, 0.3) is 22.2 Å². The summed E-state index contributed by atoms with van der Waals surface area (Å²) in [4.78, 5) is 27.2. The Morgan fingerprint density at radius 1 is 1.22 bits per heavy atom. The van der Waals surface area contributed by atoms with Gasteiger partial charge in [-0.2, -0.15) is 10.2 Å². The Morgan fingerprint density at radius 2 is 2.00 bits per heavy atom. The van der Waals surface area contributed by atoms with E-state index in [2.05, 4.69) is 20.0 Å². The highest BCUT2D eigenvalue weighted by Gasteiger charge is 2.31. The van der Waals surface area contributed by atoms with Gasteiger partial charge < -0.3 is 15.4 Å². The van der Waals surface area contributed by atoms with Crippen molar-refractivity contribution in [3.63, 3.8) is 0 Å². The molecule has 0 bridgehead atoms. The molecule has 0 atom stereocenters. The number of hydrogen-bond donors (Lipinski definition) is 2. The van der Waals surface area contributed by atoms with Crippen LogP contribution in [0.2, 0.25) is 0 Å². The maximum absolute atomic E-state index is 13.0. The molecule has 0 saturated carbocycles. The second kappa shape index (κ2) is 8.95. The van der Waals surface area contributed by atoms with Crippen molar-refractivity contribution in [1.82, 2.24) is 20.0 Å². The highest BCUT2D eigenvalue weighted by molar-refractivity contribution is 6.01. The average molecular weight is 512 g/mol. The van der Waals surface area contributed by atoms with Crippen molar-refractivity contribution in [1.29, 1.82) is 0 Å². The third kappa shape index (κ3) is 4.61. The van der Waals surface area contributed by atoms with Gasteiger partial charge in [-0.15, -0.1) is 13.2 Å². The van der Waals surface area contributed by atoms with Gasteiger partial charge in [0.05, 0.1) is 11.8 Å². The van der Waals surface area contributed by atoms with Gasteiger partial charge in [0.2, 0.25) is 5.91 Å². The van der Waals surface area contributed by atoms with Gasteiger partial charge in [0, 0.05) is 23.8 Å². The van der Waals surface area contributed by atoms with Gasteiger partial charge in [0.25, 0.3) is 5.56 Å². The Labute approximate surface area is 208 Å². The van der Waals surface area contributed by atoms with Gasteiger partial charge in [-0.3, -0.25) is 14.3 Å². The van der Waals surface area contributed by atoms with Gasteiger partial charge in [0.1, 0.15) is 17.0 Å². The second-order valence-electron chi connectivity index (χ2n) is 9.06. The number of benzene rings is 2. The number of fused-ring (bicyclic) bond motifs is 2. The number of nitrogen functional groups attached to an aromatic ring is 1. The zero-order valence-corrected chi connectivity index (χ0v) is 20.0. The fourth-order valence-corrected chi connectivity index (χ4v) is 4.62. The lowest BCUT2D eigenvalue weighted by Crippen LogP contribution is -2.30. The first-order valence-electron chi connectivity index (χ1n) is 11.6. The monoisotopic (exact) mass is 512 g/mol. The summed E-state index contributed by atoms with van der Waals surface area (Å²) >= 11 is 0. The van der Waals surface area contributed by atoms with Gasteiger partial charge in [-0.1, -0.05) is 18.2 Å². The molecule has 1 aliphatic rings. The van der Waals surface area contributed by atoms with Crippen molar-refractivity contribution in [2.24, 2.45) is 0 Å². The number of rotatable bonds is 5. The van der Waals surface area contributed by atoms with Crippen LogP contribution in [-0.4, -0.2) is 38.8 Å². The highest BCUT2D eigenvalue weighted by Crippen LogP contribution is 2.36. The van der Waals surface area contributed by atoms with E-state index in [1.165, 1.54) is 18.2 Å². The summed E-state index contributed by atoms with van der Waals surface area (Å²) in [6, 6.07) is 10.8. The molecule has 2 aromatic carbocycles. The Balaban J connectivity index is 1.44. The molecule has 9 nitrogen and oxygen atoms in total. The Kier molecular flexibility index (Phi) is 5.89. The number of hydrogen-bond acceptors (Lipinski definition) is 6. The first-order valence-corrected chi connectivity index (χ1v) is 11.6. The van der Waals surface area contributed by atoms with E-state index in [1.807, 2.05) is 19.9 Å². The second-order valence-corrected chi connectivity index (χ2v) is 9.06. The molecule has 3 heterocycles. The Hall–Kier alpha value is -4.35. The van der Waals surface area contributed by atoms with E-state index >= 15 is 0 Å². The van der Waals surface area contributed by atoms with E-state index in [-0.39, 0.29) is 35.5 Å². The van der Waals surface area contributed by atoms with Crippen molar-refractivity contribution in [2.75, 3.05) is 17.2 Å². The molecule has 0 fully saturated rings. The smallest absolute Gasteiger partial charge is 0.406 e. The molecule has 0 aliphatic carbocycles. The zero-order valence-electron chi connectivity index (χ0n) is 20.0. The predicted molar refractivity (Wildman–Crippen MR) is 131 cm³/mol. The number of halogens is 3. The van der Waals surface area contributed by atoms with Crippen LogP contribution in [-0.2, 0) is 17.6 Å². The van der Waals surface area contributed by atoms with Crippen LogP contribution in [0.4, 0.5) is 24.7 Å². The van der Waals surface area contributed by atoms with Crippen LogP contribution in [0, 0.1) is 0 Å². The largest absolute Gasteiger partial charge is 0.573 e. The van der Waals surface area contributed by atoms with Gasteiger partial charge in [0.15, 0.2) is 5.82 Å². The molecule has 0 saturated heterocycles. The van der Waals surface area contributed by atoms with Crippen LogP contribution in [0.1, 0.15) is 31.0 Å². The average Bonchev–Trinajstić information content (AvgIpc) is 3.43. The van der Waals surface area contributed by atoms with E-state index < -0.39 is 6.36 Å². The summed E-state index contributed by atoms with van der Waals surface area (Å²) in [5, 5.41) is 11.4. The summed E-state index contributed by atoms with van der Waals surface area (Å²) in [7, 11) is 0. The number of amides is 1. The van der Waals surface area contributed by atoms with Crippen molar-refractivity contribution < 1.29 is 22.7 Å². The minimum absolute atomic E-state index is 0.0787. The van der Waals surface area contributed by atoms with Crippen molar-refractivity contribution in [3.8, 4) is 17.0 Å². The summed E-state index contributed by atoms with van der Waals surface area (Å²) < 4.78 is 43.2. The zero-order chi connectivity index (χ0) is 26.5. The van der Waals surface area contributed by atoms with E-state index in [4.69, 9.17) is 5.73 Å². The molecule has 4 aromatic rings. The molecule has 192 valence electrons. The molecule has 12 heteroatoms. The number of ether oxygens (including phenoxy) is 1. The summed E-state index contributed by atoms with van der Waals surface area (Å²) in [5.74, 6) is -0.458. The number of nitrogens with zero attached hydrogens (tertiary/aromatic N) is 4. The number of nitrogens with two attached hydrogens (primary N) is 1. The van der Waals surface area contributed by atoms with E-state index in [1.54, 1.807) is 27.8 Å². The highest BCUT2D eigenvalue weighted by atomic mass is 19.4. The van der Waals surface area contributed by atoms with Crippen molar-refractivity contribution in [3.05, 3.63) is 63.9 Å². The SMILES string of the molecule is CC(C)n1nc(-c2ccc3c(c2)CCN3C(=O)Cc2cccc(OC(F)(F)F)c2)c2c(N)n[nH]c(=O)c21. The normalized spacial score (nSPS) is 13.4. The van der Waals surface area contributed by atoms with Crippen LogP contribution < -0.4 is 20.9 Å². The topological polar surface area (TPSA) is 119 Å². The van der Waals surface area contributed by atoms with Crippen molar-refractivity contribution in [2.45, 2.75) is 39.1 Å². The molecule has 5 rings (SSSR count). The molecular weight excluding hydrogens is 489 g/mol. The molecule has 1 aliphatic heterocycles. The lowest BCUT2D eigenvalue weighted by atomic mass is 10.0. The summed E-state index contributed by atoms with van der Waals surface area (Å²) in [6.45, 7) is 4.24. The number of anilines is 2. The number of aromatic nitrogens is 4. The molecule has 3 N–H and O–H groups in total. The van der Waals surface area contributed by atoms with Gasteiger partial charge in [-0.05, 0) is 55.7 Å². The number of alkyl halides is 3. The molecule has 0 radical (unpaired) electrons. The third-order valence-electron chi connectivity index (χ3n) is 6.19. The van der Waals surface area contributed by atoms with Crippen LogP contribution in [0.15, 0.2) is 47.3 Å². The summed E-state index contributed by atoms with van der Waals surface area (Å²) in [6.07, 6.45) is -4.30. The Morgan fingerprint density at radius 3 is 2.73 bits per heavy atom. The molecule has 0 unspecified atom stereocenters. The molecule has 2 aromatic heterocycles. The molecular formula is C25H23F3N6O3. The van der Waals surface area contributed by atoms with Crippen molar-refractivity contribution >= 4 is 28.3 Å². The van der Waals surface area contributed by atoms with E-state index in [0.29, 0.717) is 40.8 Å². The quantitative estimate of drug-likeness (QED) is 0.418. The maximum Gasteiger partial charge on any atom is 0.573 e. The first-order chi connectivity index (χ1) is 17.5. The number of aromatic amines is 1. The van der Waals surface area contributed by atoms with Gasteiger partial charge in [-0.25, -0.2) is 5.10 Å². The fourth-order valence-electron chi connectivity index (χ4n) is 4.62. The van der Waals surface area contributed by atoms with E-state index in [0.717, 1.165) is 11.1 Å². The number of H-pyrrole nitrogens is 1. The maximum atomic E-state index is 13.0. The third-order valence-corrected chi connectivity index (χ3v) is 6.19. The standard InChI is InChI=1S/C25H23F3N6O3/c1-13(2)34-22-20(23(29)30-31-24(22)36)21(32-34)16-6-7-18-15(12-16)8-9-33(18)19(35)11-14-4-3-5-17(10-14)37-25(26,27)28/h3-7,10,12-13H,8-9,11H2,1-2H3,(H2,29,30)(H,31,36). The molecule has 0 spiro atoms. The predicted octanol–water partition coefficient (Wildman–Crippen LogP) is 3.98. The number of carbonyl (C=O) groups is 1. The van der Waals surface area contributed by atoms with Gasteiger partial charge >= 0.3 is 6.36 Å². The lowest BCUT2D eigenvalue weighted by Gasteiger charge is -2.18. The summed E-state index contributed by atoms with van der Waals surface area (Å²) in [5.41, 5.74) is 9.35. The van der Waals surface area contributed by atoms with E-state index in [9.17, 15) is 22.8 Å². The van der Waals surface area contributed by atoms with Crippen LogP contribution in [0.3, 0.4) is 0 Å². The Bertz CT molecular complexity index is 1570. The minimum atomic E-state index is -4.81. The number of nitrogens with one attached hydrogen (secondary N) is 1. The lowest BCUT2D eigenvalue weighted by molar-refractivity contribution is -0.274. The number of carbonyl (C=O) groups excluding carboxylic acids is 1. The minimum Gasteiger partial charge on any atom is -0.406 e. The first kappa shape index (κ1) is 24.3. The van der Waals surface area contributed by atoms with Crippen LogP contribution >= 0.6 is 0 Å². The molecule has 37 heavy (non-hydrogen) atoms.